The first-order chi connectivity index (χ1) is 12.3. The molecule has 1 N–H and O–H groups in total. The highest BCUT2D eigenvalue weighted by Gasteiger charge is 2.40. The number of nitrogens with one attached hydrogen (secondary N) is 1. The number of guanidine groups is 1. The van der Waals surface area contributed by atoms with Crippen molar-refractivity contribution >= 4 is 50.7 Å². The molecule has 1 aliphatic heterocycles. The zero-order valence-corrected chi connectivity index (χ0v) is 19.1. The lowest BCUT2D eigenvalue weighted by Crippen LogP contribution is -2.57. The Morgan fingerprint density at radius 2 is 2.04 bits per heavy atom. The van der Waals surface area contributed by atoms with Gasteiger partial charge in [-0.2, -0.15) is 0 Å². The van der Waals surface area contributed by atoms with E-state index in [1.54, 1.807) is 20.0 Å². The van der Waals surface area contributed by atoms with Gasteiger partial charge in [0.15, 0.2) is 15.8 Å². The standard InChI is InChI=1S/C19H26N4O2S.HI/c1-4-20-18(23-11-12-26(24,25)19(2,3)14-23)22-13-15-9-10-21-17-8-6-5-7-16(15)17;/h5-10H,4,11-14H2,1-3H3,(H,20,22);1H. The molecule has 2 aromatic rings. The largest absolute Gasteiger partial charge is 0.357 e. The van der Waals surface area contributed by atoms with Gasteiger partial charge >= 0.3 is 0 Å². The molecule has 1 fully saturated rings. The van der Waals surface area contributed by atoms with Crippen LogP contribution in [0.4, 0.5) is 0 Å². The van der Waals surface area contributed by atoms with Crippen LogP contribution in [0, 0.1) is 0 Å². The normalized spacial score (nSPS) is 18.8. The molecule has 0 aliphatic carbocycles. The zero-order chi connectivity index (χ0) is 18.8. The summed E-state index contributed by atoms with van der Waals surface area (Å²) in [6.45, 7) is 7.76. The lowest BCUT2D eigenvalue weighted by Gasteiger charge is -2.39. The molecule has 0 amide bonds. The molecule has 1 saturated heterocycles. The summed E-state index contributed by atoms with van der Waals surface area (Å²) in [6, 6.07) is 10.0. The van der Waals surface area contributed by atoms with Crippen LogP contribution < -0.4 is 5.32 Å². The van der Waals surface area contributed by atoms with Crippen molar-refractivity contribution in [3.8, 4) is 0 Å². The molecule has 0 atom stereocenters. The minimum absolute atomic E-state index is 0. The fraction of sp³-hybridized carbons (Fsp3) is 0.474. The number of aliphatic imine (C=N–C) groups is 1. The third kappa shape index (κ3) is 4.71. The summed E-state index contributed by atoms with van der Waals surface area (Å²) in [5, 5.41) is 4.39. The van der Waals surface area contributed by atoms with E-state index >= 15 is 0 Å². The Labute approximate surface area is 178 Å². The van der Waals surface area contributed by atoms with Crippen molar-refractivity contribution in [1.29, 1.82) is 0 Å². The van der Waals surface area contributed by atoms with E-state index in [9.17, 15) is 8.42 Å². The van der Waals surface area contributed by atoms with Crippen LogP contribution in [0.1, 0.15) is 26.3 Å². The number of hydrogen-bond acceptors (Lipinski definition) is 4. The highest BCUT2D eigenvalue weighted by molar-refractivity contribution is 14.0. The highest BCUT2D eigenvalue weighted by Crippen LogP contribution is 2.24. The summed E-state index contributed by atoms with van der Waals surface area (Å²) in [7, 11) is -3.07. The Hall–Kier alpha value is -1.42. The van der Waals surface area contributed by atoms with Crippen LogP contribution >= 0.6 is 24.0 Å². The molecule has 1 aromatic heterocycles. The smallest absolute Gasteiger partial charge is 0.194 e. The molecule has 1 aliphatic rings. The van der Waals surface area contributed by atoms with Crippen LogP contribution in [0.2, 0.25) is 0 Å². The molecule has 8 heteroatoms. The molecule has 0 saturated carbocycles. The van der Waals surface area contributed by atoms with Gasteiger partial charge in [0.2, 0.25) is 0 Å². The van der Waals surface area contributed by atoms with Gasteiger partial charge in [-0.3, -0.25) is 4.98 Å². The SMILES string of the molecule is CCNC(=NCc1ccnc2ccccc12)N1CCS(=O)(=O)C(C)(C)C1.I. The quantitative estimate of drug-likeness (QED) is 0.397. The first-order valence-corrected chi connectivity index (χ1v) is 10.6. The maximum Gasteiger partial charge on any atom is 0.194 e. The number of benzene rings is 1. The molecule has 27 heavy (non-hydrogen) atoms. The van der Waals surface area contributed by atoms with Crippen molar-refractivity contribution in [3.63, 3.8) is 0 Å². The van der Waals surface area contributed by atoms with Gasteiger partial charge in [-0.25, -0.2) is 13.4 Å². The van der Waals surface area contributed by atoms with Crippen LogP contribution in [-0.4, -0.2) is 54.4 Å². The zero-order valence-electron chi connectivity index (χ0n) is 16.0. The number of nitrogens with zero attached hydrogens (tertiary/aromatic N) is 3. The highest BCUT2D eigenvalue weighted by atomic mass is 127. The Balaban J connectivity index is 0.00000261. The third-order valence-electron chi connectivity index (χ3n) is 4.82. The molecule has 3 rings (SSSR count). The second-order valence-electron chi connectivity index (χ2n) is 7.16. The predicted molar refractivity (Wildman–Crippen MR) is 121 cm³/mol. The Kier molecular flexibility index (Phi) is 7.07. The van der Waals surface area contributed by atoms with E-state index < -0.39 is 14.6 Å². The number of rotatable bonds is 3. The van der Waals surface area contributed by atoms with Gasteiger partial charge in [-0.15, -0.1) is 24.0 Å². The molecule has 1 aromatic carbocycles. The molecule has 0 radical (unpaired) electrons. The van der Waals surface area contributed by atoms with Gasteiger partial charge in [-0.1, -0.05) is 18.2 Å². The number of pyridine rings is 1. The number of para-hydroxylation sites is 1. The molecule has 6 nitrogen and oxygen atoms in total. The summed E-state index contributed by atoms with van der Waals surface area (Å²) < 4.78 is 23.7. The number of aromatic nitrogens is 1. The van der Waals surface area contributed by atoms with Gasteiger partial charge in [0.25, 0.3) is 0 Å². The minimum atomic E-state index is -3.07. The molecule has 0 bridgehead atoms. The average Bonchev–Trinajstić information content (AvgIpc) is 2.61. The van der Waals surface area contributed by atoms with Crippen LogP contribution in [-0.2, 0) is 16.4 Å². The Morgan fingerprint density at radius 1 is 1.30 bits per heavy atom. The first kappa shape index (κ1) is 21.9. The second kappa shape index (κ2) is 8.72. The fourth-order valence-corrected chi connectivity index (χ4v) is 4.57. The van der Waals surface area contributed by atoms with E-state index in [4.69, 9.17) is 4.99 Å². The van der Waals surface area contributed by atoms with Gasteiger partial charge in [-0.05, 0) is 38.5 Å². The first-order valence-electron chi connectivity index (χ1n) is 8.92. The Bertz CT molecular complexity index is 923. The number of hydrogen-bond donors (Lipinski definition) is 1. The van der Waals surface area contributed by atoms with E-state index in [1.807, 2.05) is 36.1 Å². The van der Waals surface area contributed by atoms with Crippen molar-refractivity contribution in [1.82, 2.24) is 15.2 Å². The molecule has 2 heterocycles. The van der Waals surface area contributed by atoms with Crippen LogP contribution in [0.3, 0.4) is 0 Å². The monoisotopic (exact) mass is 502 g/mol. The summed E-state index contributed by atoms with van der Waals surface area (Å²) in [5.41, 5.74) is 2.06. The number of halogens is 1. The maximum absolute atomic E-state index is 12.3. The lowest BCUT2D eigenvalue weighted by molar-refractivity contribution is 0.353. The van der Waals surface area contributed by atoms with E-state index in [1.165, 1.54) is 0 Å². The van der Waals surface area contributed by atoms with Crippen LogP contribution in [0.5, 0.6) is 0 Å². The second-order valence-corrected chi connectivity index (χ2v) is 9.90. The van der Waals surface area contributed by atoms with Crippen LogP contribution in [0.25, 0.3) is 10.9 Å². The van der Waals surface area contributed by atoms with E-state index in [2.05, 4.69) is 16.4 Å². The summed E-state index contributed by atoms with van der Waals surface area (Å²) in [4.78, 5) is 11.2. The number of sulfone groups is 1. The van der Waals surface area contributed by atoms with Crippen molar-refractivity contribution in [2.75, 3.05) is 25.4 Å². The summed E-state index contributed by atoms with van der Waals surface area (Å²) >= 11 is 0. The lowest BCUT2D eigenvalue weighted by atomic mass is 10.1. The van der Waals surface area contributed by atoms with Gasteiger partial charge in [0.1, 0.15) is 0 Å². The van der Waals surface area contributed by atoms with Crippen molar-refractivity contribution in [3.05, 3.63) is 42.1 Å². The van der Waals surface area contributed by atoms with Crippen molar-refractivity contribution < 1.29 is 8.42 Å². The van der Waals surface area contributed by atoms with Gasteiger partial charge < -0.3 is 10.2 Å². The fourth-order valence-electron chi connectivity index (χ4n) is 3.20. The topological polar surface area (TPSA) is 74.7 Å². The molecular formula is C19H27IN4O2S. The van der Waals surface area contributed by atoms with E-state index in [-0.39, 0.29) is 29.7 Å². The van der Waals surface area contributed by atoms with Crippen LogP contribution in [0.15, 0.2) is 41.5 Å². The molecule has 0 spiro atoms. The molecule has 0 unspecified atom stereocenters. The summed E-state index contributed by atoms with van der Waals surface area (Å²) in [6.07, 6.45) is 1.80. The van der Waals surface area contributed by atoms with Gasteiger partial charge in [0, 0.05) is 31.2 Å². The van der Waals surface area contributed by atoms with Crippen molar-refractivity contribution in [2.45, 2.75) is 32.1 Å². The maximum atomic E-state index is 12.3. The summed E-state index contributed by atoms with van der Waals surface area (Å²) in [5.74, 6) is 0.916. The van der Waals surface area contributed by atoms with Gasteiger partial charge in [0.05, 0.1) is 22.6 Å². The van der Waals surface area contributed by atoms with E-state index in [0.29, 0.717) is 19.6 Å². The molecule has 148 valence electrons. The average molecular weight is 502 g/mol. The predicted octanol–water partition coefficient (Wildman–Crippen LogP) is 2.83. The Morgan fingerprint density at radius 3 is 2.74 bits per heavy atom. The van der Waals surface area contributed by atoms with E-state index in [0.717, 1.165) is 29.0 Å². The number of fused-ring (bicyclic) bond motifs is 1. The third-order valence-corrected chi connectivity index (χ3v) is 7.35. The van der Waals surface area contributed by atoms with Crippen molar-refractivity contribution in [2.24, 2.45) is 4.99 Å². The molecular weight excluding hydrogens is 475 g/mol. The minimum Gasteiger partial charge on any atom is -0.357 e.